The van der Waals surface area contributed by atoms with Crippen LogP contribution in [-0.2, 0) is 0 Å². The molecule has 1 aromatic heterocycles. The number of nitrogens with zero attached hydrogens (tertiary/aromatic N) is 2. The molecule has 0 aliphatic carbocycles. The van der Waals surface area contributed by atoms with Gasteiger partial charge in [0.25, 0.3) is 0 Å². The molecular weight excluding hydrogens is 224 g/mol. The first-order valence-electron chi connectivity index (χ1n) is 6.04. The van der Waals surface area contributed by atoms with Crippen LogP contribution in [0.15, 0.2) is 42.9 Å². The molecule has 0 fully saturated rings. The Hall–Kier alpha value is -1.78. The SMILES string of the molecule is CC(C)c1ccc(C(NN)c2ccncn2)cc1. The largest absolute Gasteiger partial charge is 0.271 e. The summed E-state index contributed by atoms with van der Waals surface area (Å²) in [5, 5.41) is 0. The fourth-order valence-electron chi connectivity index (χ4n) is 1.90. The first kappa shape index (κ1) is 12.7. The van der Waals surface area contributed by atoms with Crippen molar-refractivity contribution in [3.63, 3.8) is 0 Å². The molecule has 0 spiro atoms. The standard InChI is InChI=1S/C14H18N4/c1-10(2)11-3-5-12(6-4-11)14(18-15)13-7-8-16-9-17-13/h3-10,14,18H,15H2,1-2H3. The van der Waals surface area contributed by atoms with Crippen molar-refractivity contribution in [3.8, 4) is 0 Å². The lowest BCUT2D eigenvalue weighted by molar-refractivity contribution is 0.618. The topological polar surface area (TPSA) is 63.8 Å². The molecule has 4 nitrogen and oxygen atoms in total. The van der Waals surface area contributed by atoms with Crippen LogP contribution >= 0.6 is 0 Å². The van der Waals surface area contributed by atoms with Crippen molar-refractivity contribution in [2.24, 2.45) is 5.84 Å². The molecule has 0 bridgehead atoms. The highest BCUT2D eigenvalue weighted by atomic mass is 15.2. The second-order valence-corrected chi connectivity index (χ2v) is 4.56. The summed E-state index contributed by atoms with van der Waals surface area (Å²) in [4.78, 5) is 8.14. The number of rotatable bonds is 4. The molecule has 2 aromatic rings. The van der Waals surface area contributed by atoms with Crippen LogP contribution in [0.3, 0.4) is 0 Å². The average Bonchev–Trinajstić information content (AvgIpc) is 2.41. The third-order valence-corrected chi connectivity index (χ3v) is 3.00. The van der Waals surface area contributed by atoms with Crippen molar-refractivity contribution in [2.45, 2.75) is 25.8 Å². The van der Waals surface area contributed by atoms with Gasteiger partial charge in [0.1, 0.15) is 6.33 Å². The highest BCUT2D eigenvalue weighted by Gasteiger charge is 2.13. The molecule has 0 amide bonds. The van der Waals surface area contributed by atoms with Crippen LogP contribution in [0, 0.1) is 0 Å². The first-order chi connectivity index (χ1) is 8.72. The smallest absolute Gasteiger partial charge is 0.115 e. The quantitative estimate of drug-likeness (QED) is 0.637. The van der Waals surface area contributed by atoms with Crippen molar-refractivity contribution in [1.82, 2.24) is 15.4 Å². The van der Waals surface area contributed by atoms with E-state index < -0.39 is 0 Å². The monoisotopic (exact) mass is 242 g/mol. The summed E-state index contributed by atoms with van der Waals surface area (Å²) in [6, 6.07) is 10.2. The minimum Gasteiger partial charge on any atom is -0.271 e. The maximum Gasteiger partial charge on any atom is 0.115 e. The third-order valence-electron chi connectivity index (χ3n) is 3.00. The van der Waals surface area contributed by atoms with Crippen LogP contribution in [0.4, 0.5) is 0 Å². The Morgan fingerprint density at radius 2 is 1.72 bits per heavy atom. The average molecular weight is 242 g/mol. The van der Waals surface area contributed by atoms with Crippen LogP contribution in [-0.4, -0.2) is 9.97 Å². The highest BCUT2D eigenvalue weighted by molar-refractivity contribution is 5.31. The minimum atomic E-state index is -0.103. The molecule has 2 rings (SSSR count). The minimum absolute atomic E-state index is 0.103. The van der Waals surface area contributed by atoms with Gasteiger partial charge in [0.15, 0.2) is 0 Å². The number of hydrogen-bond donors (Lipinski definition) is 2. The van der Waals surface area contributed by atoms with Crippen LogP contribution in [0.25, 0.3) is 0 Å². The molecule has 4 heteroatoms. The van der Waals surface area contributed by atoms with E-state index in [4.69, 9.17) is 5.84 Å². The fourth-order valence-corrected chi connectivity index (χ4v) is 1.90. The van der Waals surface area contributed by atoms with E-state index >= 15 is 0 Å². The molecule has 0 saturated heterocycles. The zero-order chi connectivity index (χ0) is 13.0. The molecular formula is C14H18N4. The summed E-state index contributed by atoms with van der Waals surface area (Å²) >= 11 is 0. The zero-order valence-corrected chi connectivity index (χ0v) is 10.7. The summed E-state index contributed by atoms with van der Waals surface area (Å²) in [6.07, 6.45) is 3.25. The van der Waals surface area contributed by atoms with Crippen molar-refractivity contribution in [2.75, 3.05) is 0 Å². The highest BCUT2D eigenvalue weighted by Crippen LogP contribution is 2.21. The molecule has 1 aromatic carbocycles. The number of benzene rings is 1. The fraction of sp³-hybridized carbons (Fsp3) is 0.286. The van der Waals surface area contributed by atoms with E-state index in [9.17, 15) is 0 Å². The predicted molar refractivity (Wildman–Crippen MR) is 71.7 cm³/mol. The van der Waals surface area contributed by atoms with Gasteiger partial charge in [-0.25, -0.2) is 15.4 Å². The molecule has 94 valence electrons. The first-order valence-corrected chi connectivity index (χ1v) is 6.04. The van der Waals surface area contributed by atoms with E-state index in [-0.39, 0.29) is 6.04 Å². The van der Waals surface area contributed by atoms with Gasteiger partial charge in [-0.15, -0.1) is 0 Å². The Balaban J connectivity index is 2.28. The number of nitrogens with two attached hydrogens (primary N) is 1. The van der Waals surface area contributed by atoms with Crippen LogP contribution in [0.1, 0.15) is 42.6 Å². The second-order valence-electron chi connectivity index (χ2n) is 4.56. The van der Waals surface area contributed by atoms with Gasteiger partial charge in [0.05, 0.1) is 11.7 Å². The van der Waals surface area contributed by atoms with Crippen LogP contribution in [0.5, 0.6) is 0 Å². The van der Waals surface area contributed by atoms with Gasteiger partial charge in [-0.2, -0.15) is 0 Å². The second kappa shape index (κ2) is 5.71. The van der Waals surface area contributed by atoms with Crippen LogP contribution in [0.2, 0.25) is 0 Å². The third kappa shape index (κ3) is 2.72. The Labute approximate surface area is 107 Å². The van der Waals surface area contributed by atoms with Crippen LogP contribution < -0.4 is 11.3 Å². The van der Waals surface area contributed by atoms with E-state index in [2.05, 4.69) is 53.5 Å². The lowest BCUT2D eigenvalue weighted by Gasteiger charge is -2.16. The molecule has 3 N–H and O–H groups in total. The van der Waals surface area contributed by atoms with E-state index in [0.29, 0.717) is 5.92 Å². The van der Waals surface area contributed by atoms with Gasteiger partial charge >= 0.3 is 0 Å². The van der Waals surface area contributed by atoms with Crippen molar-refractivity contribution in [1.29, 1.82) is 0 Å². The predicted octanol–water partition coefficient (Wildman–Crippen LogP) is 2.15. The van der Waals surface area contributed by atoms with Crippen molar-refractivity contribution in [3.05, 3.63) is 59.7 Å². The van der Waals surface area contributed by atoms with Gasteiger partial charge in [-0.05, 0) is 23.1 Å². The molecule has 18 heavy (non-hydrogen) atoms. The summed E-state index contributed by atoms with van der Waals surface area (Å²) in [6.45, 7) is 4.36. The summed E-state index contributed by atoms with van der Waals surface area (Å²) in [5.74, 6) is 6.15. The summed E-state index contributed by atoms with van der Waals surface area (Å²) in [5.41, 5.74) is 6.07. The Morgan fingerprint density at radius 3 is 2.22 bits per heavy atom. The summed E-state index contributed by atoms with van der Waals surface area (Å²) in [7, 11) is 0. The maximum absolute atomic E-state index is 5.62. The Morgan fingerprint density at radius 1 is 1.06 bits per heavy atom. The van der Waals surface area contributed by atoms with E-state index in [0.717, 1.165) is 11.3 Å². The lowest BCUT2D eigenvalue weighted by atomic mass is 9.98. The Kier molecular flexibility index (Phi) is 4.02. The van der Waals surface area contributed by atoms with E-state index in [1.165, 1.54) is 11.9 Å². The number of nitrogens with one attached hydrogen (secondary N) is 1. The summed E-state index contributed by atoms with van der Waals surface area (Å²) < 4.78 is 0. The van der Waals surface area contributed by atoms with Gasteiger partial charge in [0, 0.05) is 6.20 Å². The van der Waals surface area contributed by atoms with Gasteiger partial charge in [-0.3, -0.25) is 5.84 Å². The van der Waals surface area contributed by atoms with Gasteiger partial charge in [0.2, 0.25) is 0 Å². The van der Waals surface area contributed by atoms with Crippen molar-refractivity contribution < 1.29 is 0 Å². The normalized spacial score (nSPS) is 12.7. The van der Waals surface area contributed by atoms with Gasteiger partial charge < -0.3 is 0 Å². The number of hydrazine groups is 1. The number of hydrogen-bond acceptors (Lipinski definition) is 4. The molecule has 1 unspecified atom stereocenters. The molecule has 1 atom stereocenters. The molecule has 0 aliphatic rings. The van der Waals surface area contributed by atoms with Gasteiger partial charge in [-0.1, -0.05) is 38.1 Å². The molecule has 0 radical (unpaired) electrons. The molecule has 1 heterocycles. The maximum atomic E-state index is 5.62. The molecule has 0 saturated carbocycles. The van der Waals surface area contributed by atoms with E-state index in [1.807, 2.05) is 6.07 Å². The lowest BCUT2D eigenvalue weighted by Crippen LogP contribution is -2.29. The van der Waals surface area contributed by atoms with Crippen molar-refractivity contribution >= 4 is 0 Å². The zero-order valence-electron chi connectivity index (χ0n) is 10.7. The molecule has 0 aliphatic heterocycles. The Bertz CT molecular complexity index is 479. The van der Waals surface area contributed by atoms with E-state index in [1.54, 1.807) is 6.20 Å². The number of aromatic nitrogens is 2.